The Hall–Kier alpha value is -1.88. The summed E-state index contributed by atoms with van der Waals surface area (Å²) >= 11 is 0. The van der Waals surface area contributed by atoms with Gasteiger partial charge in [-0.05, 0) is 38.0 Å². The lowest BCUT2D eigenvalue weighted by molar-refractivity contribution is -0.116. The summed E-state index contributed by atoms with van der Waals surface area (Å²) in [4.78, 5) is 14.9. The summed E-state index contributed by atoms with van der Waals surface area (Å²) in [5.74, 6) is 0.487. The number of hydrogen-bond acceptors (Lipinski definition) is 3. The maximum Gasteiger partial charge on any atom is 0.240 e. The van der Waals surface area contributed by atoms with Gasteiger partial charge >= 0.3 is 0 Å². The number of anilines is 1. The Morgan fingerprint density at radius 2 is 2.14 bits per heavy atom. The molecule has 2 aromatic rings. The van der Waals surface area contributed by atoms with Gasteiger partial charge in [-0.15, -0.1) is 0 Å². The molecule has 1 aliphatic rings. The van der Waals surface area contributed by atoms with Crippen LogP contribution >= 0.6 is 0 Å². The number of rotatable bonds is 3. The fourth-order valence-electron chi connectivity index (χ4n) is 2.81. The average Bonchev–Trinajstić information content (AvgIpc) is 3.00. The monoisotopic (exact) mass is 303 g/mol. The topological polar surface area (TPSA) is 50.5 Å². The van der Waals surface area contributed by atoms with E-state index in [4.69, 9.17) is 4.42 Å². The van der Waals surface area contributed by atoms with Crippen molar-refractivity contribution in [3.05, 3.63) is 47.9 Å². The first-order valence-electron chi connectivity index (χ1n) is 6.90. The van der Waals surface area contributed by atoms with E-state index in [2.05, 4.69) is 0 Å². The van der Waals surface area contributed by atoms with Gasteiger partial charge in [0.05, 0.1) is 22.0 Å². The molecule has 2 heterocycles. The van der Waals surface area contributed by atoms with Crippen LogP contribution in [-0.4, -0.2) is 21.9 Å². The van der Waals surface area contributed by atoms with Crippen molar-refractivity contribution in [3.8, 4) is 0 Å². The predicted molar refractivity (Wildman–Crippen MR) is 81.8 cm³/mol. The lowest BCUT2D eigenvalue weighted by Gasteiger charge is -2.22. The SMILES string of the molecule is Cc1occc1[S@](=O)CC(=O)N1c2ccccc2C[C@@H]1C. The van der Waals surface area contributed by atoms with Crippen molar-refractivity contribution in [2.75, 3.05) is 10.7 Å². The molecule has 21 heavy (non-hydrogen) atoms. The van der Waals surface area contributed by atoms with Crippen LogP contribution in [0.25, 0.3) is 0 Å². The first-order chi connectivity index (χ1) is 10.1. The number of nitrogens with zero attached hydrogens (tertiary/aromatic N) is 1. The predicted octanol–water partition coefficient (Wildman–Crippen LogP) is 2.67. The van der Waals surface area contributed by atoms with Gasteiger partial charge in [-0.1, -0.05) is 18.2 Å². The molecular weight excluding hydrogens is 286 g/mol. The second-order valence-corrected chi connectivity index (χ2v) is 6.70. The molecule has 110 valence electrons. The Morgan fingerprint density at radius 1 is 1.38 bits per heavy atom. The maximum absolute atomic E-state index is 12.5. The molecule has 1 aromatic carbocycles. The Kier molecular flexibility index (Phi) is 3.68. The van der Waals surface area contributed by atoms with E-state index in [-0.39, 0.29) is 17.7 Å². The highest BCUT2D eigenvalue weighted by molar-refractivity contribution is 7.85. The molecule has 1 aromatic heterocycles. The molecular formula is C16H17NO3S. The Bertz CT molecular complexity index is 707. The van der Waals surface area contributed by atoms with Crippen LogP contribution in [-0.2, 0) is 22.0 Å². The van der Waals surface area contributed by atoms with Crippen molar-refractivity contribution >= 4 is 22.4 Å². The second-order valence-electron chi connectivity index (χ2n) is 5.28. The summed E-state index contributed by atoms with van der Waals surface area (Å²) in [7, 11) is -1.37. The molecule has 0 saturated carbocycles. The largest absolute Gasteiger partial charge is 0.468 e. The minimum absolute atomic E-state index is 0.0148. The van der Waals surface area contributed by atoms with E-state index >= 15 is 0 Å². The van der Waals surface area contributed by atoms with Crippen LogP contribution in [0, 0.1) is 6.92 Å². The van der Waals surface area contributed by atoms with Gasteiger partial charge in [0.1, 0.15) is 11.5 Å². The summed E-state index contributed by atoms with van der Waals surface area (Å²) in [6.07, 6.45) is 2.35. The molecule has 0 radical (unpaired) electrons. The van der Waals surface area contributed by atoms with Gasteiger partial charge in [-0.2, -0.15) is 0 Å². The van der Waals surface area contributed by atoms with E-state index in [1.165, 1.54) is 11.8 Å². The molecule has 5 heteroatoms. The molecule has 0 bridgehead atoms. The van der Waals surface area contributed by atoms with Crippen LogP contribution in [0.5, 0.6) is 0 Å². The van der Waals surface area contributed by atoms with E-state index < -0.39 is 10.8 Å². The number of amides is 1. The number of aryl methyl sites for hydroxylation is 1. The van der Waals surface area contributed by atoms with Crippen molar-refractivity contribution in [1.82, 2.24) is 0 Å². The van der Waals surface area contributed by atoms with Gasteiger partial charge in [0, 0.05) is 11.7 Å². The molecule has 3 rings (SSSR count). The number of para-hydroxylation sites is 1. The molecule has 2 atom stereocenters. The van der Waals surface area contributed by atoms with Gasteiger partial charge in [-0.25, -0.2) is 0 Å². The zero-order valence-electron chi connectivity index (χ0n) is 12.0. The minimum Gasteiger partial charge on any atom is -0.468 e. The summed E-state index contributed by atoms with van der Waals surface area (Å²) in [5, 5.41) is 0. The van der Waals surface area contributed by atoms with Gasteiger partial charge in [0.25, 0.3) is 0 Å². The van der Waals surface area contributed by atoms with Gasteiger partial charge < -0.3 is 9.32 Å². The molecule has 0 aliphatic carbocycles. The Labute approximate surface area is 126 Å². The van der Waals surface area contributed by atoms with Crippen LogP contribution in [0.2, 0.25) is 0 Å². The zero-order valence-corrected chi connectivity index (χ0v) is 12.9. The summed E-state index contributed by atoms with van der Waals surface area (Å²) in [6.45, 7) is 3.77. The summed E-state index contributed by atoms with van der Waals surface area (Å²) in [5.41, 5.74) is 2.11. The lowest BCUT2D eigenvalue weighted by Crippen LogP contribution is -2.38. The van der Waals surface area contributed by atoms with E-state index in [1.807, 2.05) is 31.2 Å². The van der Waals surface area contributed by atoms with Crippen molar-refractivity contribution < 1.29 is 13.4 Å². The highest BCUT2D eigenvalue weighted by atomic mass is 32.2. The second kappa shape index (κ2) is 5.48. The fourth-order valence-corrected chi connectivity index (χ4v) is 3.91. The first kappa shape index (κ1) is 14.1. The summed E-state index contributed by atoms with van der Waals surface area (Å²) < 4.78 is 17.5. The third-order valence-corrected chi connectivity index (χ3v) is 5.21. The number of carbonyl (C=O) groups excluding carboxylic acids is 1. The number of furan rings is 1. The van der Waals surface area contributed by atoms with Crippen molar-refractivity contribution in [2.45, 2.75) is 31.2 Å². The normalized spacial score (nSPS) is 18.6. The molecule has 1 aliphatic heterocycles. The fraction of sp³-hybridized carbons (Fsp3) is 0.312. The van der Waals surface area contributed by atoms with Crippen LogP contribution in [0.4, 0.5) is 5.69 Å². The summed E-state index contributed by atoms with van der Waals surface area (Å²) in [6, 6.07) is 9.66. The highest BCUT2D eigenvalue weighted by Gasteiger charge is 2.31. The molecule has 0 unspecified atom stereocenters. The zero-order chi connectivity index (χ0) is 15.0. The standard InChI is InChI=1S/C16H17NO3S/c1-11-9-13-5-3-4-6-14(13)17(11)16(18)10-21(19)15-7-8-20-12(15)2/h3-8,11H,9-10H2,1-2H3/t11-,21+/m0/s1. The highest BCUT2D eigenvalue weighted by Crippen LogP contribution is 2.32. The molecule has 4 nitrogen and oxygen atoms in total. The maximum atomic E-state index is 12.5. The van der Waals surface area contributed by atoms with E-state index in [1.54, 1.807) is 17.9 Å². The van der Waals surface area contributed by atoms with Crippen LogP contribution in [0.15, 0.2) is 45.9 Å². The molecule has 0 saturated heterocycles. The van der Waals surface area contributed by atoms with Crippen molar-refractivity contribution in [3.63, 3.8) is 0 Å². The van der Waals surface area contributed by atoms with Gasteiger partial charge in [-0.3, -0.25) is 9.00 Å². The van der Waals surface area contributed by atoms with Crippen molar-refractivity contribution in [2.24, 2.45) is 0 Å². The van der Waals surface area contributed by atoms with Gasteiger partial charge in [0.2, 0.25) is 5.91 Å². The third-order valence-electron chi connectivity index (χ3n) is 3.79. The van der Waals surface area contributed by atoms with Crippen LogP contribution in [0.1, 0.15) is 18.2 Å². The molecule has 0 spiro atoms. The Balaban J connectivity index is 1.80. The molecule has 0 N–H and O–H groups in total. The number of benzene rings is 1. The molecule has 0 fully saturated rings. The van der Waals surface area contributed by atoms with Crippen molar-refractivity contribution in [1.29, 1.82) is 0 Å². The van der Waals surface area contributed by atoms with Gasteiger partial charge in [0.15, 0.2) is 0 Å². The quantitative estimate of drug-likeness (QED) is 0.876. The number of hydrogen-bond donors (Lipinski definition) is 0. The first-order valence-corrected chi connectivity index (χ1v) is 8.22. The lowest BCUT2D eigenvalue weighted by atomic mass is 10.1. The minimum atomic E-state index is -1.37. The number of fused-ring (bicyclic) bond motifs is 1. The third kappa shape index (κ3) is 2.53. The van der Waals surface area contributed by atoms with E-state index in [9.17, 15) is 9.00 Å². The van der Waals surface area contributed by atoms with E-state index in [0.717, 1.165) is 12.1 Å². The molecule has 1 amide bonds. The van der Waals surface area contributed by atoms with Crippen LogP contribution in [0.3, 0.4) is 0 Å². The number of carbonyl (C=O) groups is 1. The van der Waals surface area contributed by atoms with E-state index in [0.29, 0.717) is 10.7 Å². The average molecular weight is 303 g/mol. The van der Waals surface area contributed by atoms with Crippen LogP contribution < -0.4 is 4.90 Å². The Morgan fingerprint density at radius 3 is 2.86 bits per heavy atom. The smallest absolute Gasteiger partial charge is 0.240 e.